The molecule has 0 aliphatic heterocycles. The minimum Gasteiger partial charge on any atom is -0.368 e. The van der Waals surface area contributed by atoms with Crippen molar-refractivity contribution >= 4 is 22.8 Å². The third kappa shape index (κ3) is 5.14. The van der Waals surface area contributed by atoms with Gasteiger partial charge in [0, 0.05) is 59.3 Å². The number of nitrogens with two attached hydrogens (primary N) is 1. The number of aromatic nitrogens is 3. The zero-order valence-electron chi connectivity index (χ0n) is 19.4. The fourth-order valence-electron chi connectivity index (χ4n) is 4.26. The van der Waals surface area contributed by atoms with Crippen LogP contribution in [-0.4, -0.2) is 39.5 Å². The molecule has 186 valence electrons. The normalized spacial score (nSPS) is 15.8. The standard InChI is InChI=1S/C24H27F3N6O2/c1-13(2)24(22(28)35,33-12-23(25,26)27)17-6-16(9-29-10-17)19-11-31-20-18(19)5-14(7-30-20)8-32-21(34)15-3-4-15/h5-7,9-11,13,15,33H,3-4,8,12H2,1-2H3,(H2,28,35)(H,30,31)(H,32,34)/t24-/m1/s1. The van der Waals surface area contributed by atoms with Crippen molar-refractivity contribution in [1.82, 2.24) is 25.6 Å². The van der Waals surface area contributed by atoms with Gasteiger partial charge in [-0.15, -0.1) is 0 Å². The number of carbonyl (C=O) groups excluding carboxylic acids is 2. The molecule has 35 heavy (non-hydrogen) atoms. The van der Waals surface area contributed by atoms with Gasteiger partial charge in [-0.05, 0) is 36.5 Å². The number of fused-ring (bicyclic) bond motifs is 1. The number of primary amides is 1. The molecule has 0 bridgehead atoms. The summed E-state index contributed by atoms with van der Waals surface area (Å²) in [5.41, 5.74) is 6.79. The van der Waals surface area contributed by atoms with E-state index in [0.717, 1.165) is 23.8 Å². The summed E-state index contributed by atoms with van der Waals surface area (Å²) in [4.78, 5) is 36.2. The molecule has 1 aliphatic carbocycles. The Kier molecular flexibility index (Phi) is 6.54. The zero-order valence-corrected chi connectivity index (χ0v) is 19.4. The predicted octanol–water partition coefficient (Wildman–Crippen LogP) is 3.14. The molecule has 0 aromatic carbocycles. The Labute approximate surface area is 199 Å². The number of aromatic amines is 1. The van der Waals surface area contributed by atoms with Gasteiger partial charge in [0.25, 0.3) is 0 Å². The summed E-state index contributed by atoms with van der Waals surface area (Å²) >= 11 is 0. The molecule has 0 saturated heterocycles. The highest BCUT2D eigenvalue weighted by molar-refractivity contribution is 5.94. The number of rotatable bonds is 9. The van der Waals surface area contributed by atoms with E-state index in [1.807, 2.05) is 6.07 Å². The lowest BCUT2D eigenvalue weighted by Gasteiger charge is -2.36. The average Bonchev–Trinajstić information content (AvgIpc) is 3.56. The van der Waals surface area contributed by atoms with Crippen LogP contribution in [-0.2, 0) is 21.7 Å². The predicted molar refractivity (Wildman–Crippen MR) is 124 cm³/mol. The van der Waals surface area contributed by atoms with E-state index in [2.05, 4.69) is 25.6 Å². The van der Waals surface area contributed by atoms with E-state index in [-0.39, 0.29) is 17.4 Å². The number of nitrogens with zero attached hydrogens (tertiary/aromatic N) is 2. The quantitative estimate of drug-likeness (QED) is 0.368. The van der Waals surface area contributed by atoms with E-state index in [1.165, 1.54) is 6.20 Å². The third-order valence-electron chi connectivity index (χ3n) is 6.33. The minimum atomic E-state index is -4.53. The second kappa shape index (κ2) is 9.29. The summed E-state index contributed by atoms with van der Waals surface area (Å²) < 4.78 is 39.1. The summed E-state index contributed by atoms with van der Waals surface area (Å²) in [6.07, 6.45) is 3.59. The number of H-pyrrole nitrogens is 1. The van der Waals surface area contributed by atoms with Crippen LogP contribution in [0.4, 0.5) is 13.2 Å². The van der Waals surface area contributed by atoms with Crippen LogP contribution in [0.3, 0.4) is 0 Å². The van der Waals surface area contributed by atoms with Crippen LogP contribution >= 0.6 is 0 Å². The van der Waals surface area contributed by atoms with Crippen molar-refractivity contribution in [2.24, 2.45) is 17.6 Å². The van der Waals surface area contributed by atoms with Crippen molar-refractivity contribution in [3.8, 4) is 11.1 Å². The maximum absolute atomic E-state index is 13.0. The van der Waals surface area contributed by atoms with Gasteiger partial charge in [0.05, 0.1) is 6.54 Å². The Morgan fingerprint density at radius 2 is 1.94 bits per heavy atom. The molecule has 5 N–H and O–H groups in total. The maximum Gasteiger partial charge on any atom is 0.401 e. The number of nitrogens with one attached hydrogen (secondary N) is 3. The molecule has 3 heterocycles. The van der Waals surface area contributed by atoms with Crippen LogP contribution in [0.2, 0.25) is 0 Å². The van der Waals surface area contributed by atoms with Gasteiger partial charge < -0.3 is 16.0 Å². The van der Waals surface area contributed by atoms with Crippen LogP contribution in [0.5, 0.6) is 0 Å². The number of alkyl halides is 3. The van der Waals surface area contributed by atoms with Gasteiger partial charge in [-0.2, -0.15) is 13.2 Å². The van der Waals surface area contributed by atoms with Gasteiger partial charge in [-0.3, -0.25) is 19.9 Å². The SMILES string of the molecule is CC(C)[C@](NCC(F)(F)F)(C(N)=O)c1cncc(-c2c[nH]c3ncc(CNC(=O)C4CC4)cc23)c1. The Bertz CT molecular complexity index is 1250. The first-order chi connectivity index (χ1) is 16.5. The molecule has 8 nitrogen and oxygen atoms in total. The van der Waals surface area contributed by atoms with Crippen LogP contribution in [0, 0.1) is 11.8 Å². The summed E-state index contributed by atoms with van der Waals surface area (Å²) in [6.45, 7) is 2.20. The first-order valence-electron chi connectivity index (χ1n) is 11.3. The lowest BCUT2D eigenvalue weighted by Crippen LogP contribution is -2.58. The highest BCUT2D eigenvalue weighted by atomic mass is 19.4. The van der Waals surface area contributed by atoms with Crippen molar-refractivity contribution in [3.63, 3.8) is 0 Å². The van der Waals surface area contributed by atoms with Crippen LogP contribution in [0.1, 0.15) is 37.8 Å². The Morgan fingerprint density at radius 1 is 1.20 bits per heavy atom. The van der Waals surface area contributed by atoms with E-state index in [9.17, 15) is 22.8 Å². The monoisotopic (exact) mass is 488 g/mol. The molecule has 11 heteroatoms. The van der Waals surface area contributed by atoms with Gasteiger partial charge in [0.15, 0.2) is 0 Å². The highest BCUT2D eigenvalue weighted by Crippen LogP contribution is 2.35. The molecule has 3 aromatic heterocycles. The molecule has 1 aliphatic rings. The number of carbonyl (C=O) groups is 2. The van der Waals surface area contributed by atoms with Gasteiger partial charge in [0.1, 0.15) is 11.2 Å². The van der Waals surface area contributed by atoms with Crippen molar-refractivity contribution in [1.29, 1.82) is 0 Å². The van der Waals surface area contributed by atoms with E-state index >= 15 is 0 Å². The van der Waals surface area contributed by atoms with Crippen molar-refractivity contribution in [3.05, 3.63) is 48.0 Å². The van der Waals surface area contributed by atoms with Crippen molar-refractivity contribution in [2.75, 3.05) is 6.54 Å². The van der Waals surface area contributed by atoms with E-state index in [0.29, 0.717) is 23.3 Å². The minimum absolute atomic E-state index is 0.0270. The number of amides is 2. The largest absolute Gasteiger partial charge is 0.401 e. The molecule has 4 rings (SSSR count). The van der Waals surface area contributed by atoms with Gasteiger partial charge in [-0.25, -0.2) is 4.98 Å². The lowest BCUT2D eigenvalue weighted by atomic mass is 9.79. The van der Waals surface area contributed by atoms with Crippen LogP contribution < -0.4 is 16.4 Å². The summed E-state index contributed by atoms with van der Waals surface area (Å²) in [5.74, 6) is -1.39. The Balaban J connectivity index is 1.69. The fourth-order valence-corrected chi connectivity index (χ4v) is 4.26. The first kappa shape index (κ1) is 24.6. The van der Waals surface area contributed by atoms with Crippen molar-refractivity contribution in [2.45, 2.75) is 44.9 Å². The smallest absolute Gasteiger partial charge is 0.368 e. The molecule has 3 aromatic rings. The van der Waals surface area contributed by atoms with Crippen LogP contribution in [0.15, 0.2) is 36.9 Å². The lowest BCUT2D eigenvalue weighted by molar-refractivity contribution is -0.139. The number of pyridine rings is 2. The van der Waals surface area contributed by atoms with Crippen molar-refractivity contribution < 1.29 is 22.8 Å². The molecule has 1 atom stereocenters. The highest BCUT2D eigenvalue weighted by Gasteiger charge is 2.44. The number of hydrogen-bond donors (Lipinski definition) is 4. The van der Waals surface area contributed by atoms with Gasteiger partial charge in [-0.1, -0.05) is 13.8 Å². The first-order valence-corrected chi connectivity index (χ1v) is 11.3. The molecule has 0 unspecified atom stereocenters. The second-order valence-corrected chi connectivity index (χ2v) is 9.19. The Hall–Kier alpha value is -3.47. The Morgan fingerprint density at radius 3 is 2.57 bits per heavy atom. The molecule has 0 spiro atoms. The number of hydrogen-bond acceptors (Lipinski definition) is 5. The molecule has 1 fully saturated rings. The molecule has 2 amide bonds. The van der Waals surface area contributed by atoms with Gasteiger partial charge in [0.2, 0.25) is 11.8 Å². The molecular weight excluding hydrogens is 461 g/mol. The second-order valence-electron chi connectivity index (χ2n) is 9.19. The van der Waals surface area contributed by atoms with E-state index < -0.39 is 30.1 Å². The van der Waals surface area contributed by atoms with E-state index in [1.54, 1.807) is 38.5 Å². The zero-order chi connectivity index (χ0) is 25.4. The maximum atomic E-state index is 13.0. The molecule has 0 radical (unpaired) electrons. The summed E-state index contributed by atoms with van der Waals surface area (Å²) in [5, 5.41) is 6.00. The molecule has 1 saturated carbocycles. The fraction of sp³-hybridized carbons (Fsp3) is 0.417. The van der Waals surface area contributed by atoms with Gasteiger partial charge >= 0.3 is 6.18 Å². The summed E-state index contributed by atoms with van der Waals surface area (Å²) in [7, 11) is 0. The third-order valence-corrected chi connectivity index (χ3v) is 6.33. The average molecular weight is 489 g/mol. The molecular formula is C24H27F3N6O2. The van der Waals surface area contributed by atoms with Crippen LogP contribution in [0.25, 0.3) is 22.2 Å². The summed E-state index contributed by atoms with van der Waals surface area (Å²) in [6, 6.07) is 3.50. The number of halogens is 3. The topological polar surface area (TPSA) is 126 Å². The van der Waals surface area contributed by atoms with E-state index in [4.69, 9.17) is 5.73 Å².